The predicted octanol–water partition coefficient (Wildman–Crippen LogP) is 2.77. The van der Waals surface area contributed by atoms with Gasteiger partial charge in [0.2, 0.25) is 11.9 Å². The summed E-state index contributed by atoms with van der Waals surface area (Å²) in [6, 6.07) is 4.54. The molecule has 0 saturated heterocycles. The molecule has 0 atom stereocenters. The first kappa shape index (κ1) is 18.8. The second-order valence-electron chi connectivity index (χ2n) is 6.04. The number of rotatable bonds is 2. The fraction of sp³-hybridized carbons (Fsp3) is 0.333. The topological polar surface area (TPSA) is 74.1 Å². The number of halogens is 3. The number of aliphatic imine (C=N–C) groups is 2. The largest absolute Gasteiger partial charge is 0.417 e. The molecule has 9 heteroatoms. The molecule has 27 heavy (non-hydrogen) atoms. The van der Waals surface area contributed by atoms with Crippen LogP contribution >= 0.6 is 0 Å². The summed E-state index contributed by atoms with van der Waals surface area (Å²) in [6.07, 6.45) is -2.07. The average Bonchev–Trinajstić information content (AvgIpc) is 2.66. The van der Waals surface area contributed by atoms with Crippen molar-refractivity contribution < 1.29 is 22.8 Å². The summed E-state index contributed by atoms with van der Waals surface area (Å²) < 4.78 is 39.2. The van der Waals surface area contributed by atoms with E-state index in [9.17, 15) is 22.8 Å². The van der Waals surface area contributed by atoms with Gasteiger partial charge >= 0.3 is 6.18 Å². The van der Waals surface area contributed by atoms with Crippen molar-refractivity contribution in [3.05, 3.63) is 47.2 Å². The van der Waals surface area contributed by atoms with Gasteiger partial charge in [-0.2, -0.15) is 13.2 Å². The lowest BCUT2D eigenvalue weighted by molar-refractivity contribution is -0.138. The van der Waals surface area contributed by atoms with Gasteiger partial charge in [0.05, 0.1) is 23.4 Å². The Labute approximate surface area is 153 Å². The Balaban J connectivity index is 1.76. The van der Waals surface area contributed by atoms with Gasteiger partial charge in [0.15, 0.2) is 0 Å². The zero-order valence-corrected chi connectivity index (χ0v) is 14.5. The lowest BCUT2D eigenvalue weighted by Gasteiger charge is -2.27. The number of hydrogen-bond acceptors (Lipinski definition) is 4. The minimum Gasteiger partial charge on any atom is -0.318 e. The molecular weight excluding hydrogens is 361 g/mol. The first-order chi connectivity index (χ1) is 12.8. The maximum Gasteiger partial charge on any atom is 0.417 e. The molecule has 1 aromatic carbocycles. The van der Waals surface area contributed by atoms with Crippen molar-refractivity contribution in [3.63, 3.8) is 0 Å². The van der Waals surface area contributed by atoms with Crippen LogP contribution < -0.4 is 5.32 Å². The highest BCUT2D eigenvalue weighted by atomic mass is 19.4. The van der Waals surface area contributed by atoms with Crippen molar-refractivity contribution in [1.29, 1.82) is 0 Å². The van der Waals surface area contributed by atoms with Gasteiger partial charge in [0.25, 0.3) is 5.91 Å². The number of alkyl halides is 3. The van der Waals surface area contributed by atoms with Crippen LogP contribution in [0, 0.1) is 0 Å². The summed E-state index contributed by atoms with van der Waals surface area (Å²) in [6.45, 7) is 2.44. The summed E-state index contributed by atoms with van der Waals surface area (Å²) in [5, 5.41) is 2.34. The SMILES string of the molecule is CCC(=O)N1C=C2CN=C(NC(=O)c3ccccc3C(F)(F)F)N=C2CC1. The molecule has 6 nitrogen and oxygen atoms in total. The van der Waals surface area contributed by atoms with Crippen molar-refractivity contribution >= 4 is 23.5 Å². The summed E-state index contributed by atoms with van der Waals surface area (Å²) in [7, 11) is 0. The van der Waals surface area contributed by atoms with Crippen LogP contribution in [0.2, 0.25) is 0 Å². The van der Waals surface area contributed by atoms with Gasteiger partial charge in [0.1, 0.15) is 0 Å². The molecule has 0 saturated carbocycles. The number of guanidine groups is 1. The first-order valence-electron chi connectivity index (χ1n) is 8.39. The quantitative estimate of drug-likeness (QED) is 0.859. The Bertz CT molecular complexity index is 872. The second-order valence-corrected chi connectivity index (χ2v) is 6.04. The molecule has 142 valence electrons. The molecule has 0 fully saturated rings. The van der Waals surface area contributed by atoms with Crippen LogP contribution in [0.1, 0.15) is 35.7 Å². The lowest BCUT2D eigenvalue weighted by Crippen LogP contribution is -2.38. The van der Waals surface area contributed by atoms with Crippen LogP contribution in [0.15, 0.2) is 46.0 Å². The number of fused-ring (bicyclic) bond motifs is 1. The minimum atomic E-state index is -4.64. The highest BCUT2D eigenvalue weighted by Crippen LogP contribution is 2.31. The van der Waals surface area contributed by atoms with E-state index in [1.165, 1.54) is 12.1 Å². The van der Waals surface area contributed by atoms with Gasteiger partial charge in [-0.25, -0.2) is 9.98 Å². The summed E-state index contributed by atoms with van der Waals surface area (Å²) >= 11 is 0. The van der Waals surface area contributed by atoms with E-state index >= 15 is 0 Å². The van der Waals surface area contributed by atoms with E-state index in [1.807, 2.05) is 0 Å². The first-order valence-corrected chi connectivity index (χ1v) is 8.39. The van der Waals surface area contributed by atoms with E-state index in [1.54, 1.807) is 18.0 Å². The molecule has 3 rings (SSSR count). The van der Waals surface area contributed by atoms with Crippen molar-refractivity contribution in [2.75, 3.05) is 13.1 Å². The lowest BCUT2D eigenvalue weighted by atomic mass is 10.0. The smallest absolute Gasteiger partial charge is 0.318 e. The maximum atomic E-state index is 13.1. The van der Waals surface area contributed by atoms with E-state index in [-0.39, 0.29) is 18.4 Å². The fourth-order valence-electron chi connectivity index (χ4n) is 2.86. The van der Waals surface area contributed by atoms with E-state index in [2.05, 4.69) is 15.3 Å². The molecule has 2 aliphatic rings. The van der Waals surface area contributed by atoms with Crippen LogP contribution in [0.25, 0.3) is 0 Å². The normalized spacial score (nSPS) is 16.7. The Hall–Kier alpha value is -2.97. The zero-order chi connectivity index (χ0) is 19.6. The van der Waals surface area contributed by atoms with Gasteiger partial charge < -0.3 is 4.90 Å². The third kappa shape index (κ3) is 4.07. The molecule has 1 aromatic rings. The zero-order valence-electron chi connectivity index (χ0n) is 14.5. The van der Waals surface area contributed by atoms with Crippen LogP contribution in [0.4, 0.5) is 13.2 Å². The van der Waals surface area contributed by atoms with Gasteiger partial charge in [-0.1, -0.05) is 19.1 Å². The average molecular weight is 378 g/mol. The van der Waals surface area contributed by atoms with Gasteiger partial charge in [0, 0.05) is 31.2 Å². The fourth-order valence-corrected chi connectivity index (χ4v) is 2.86. The number of benzene rings is 1. The van der Waals surface area contributed by atoms with Crippen molar-refractivity contribution in [2.24, 2.45) is 9.98 Å². The number of carbonyl (C=O) groups is 2. The van der Waals surface area contributed by atoms with Crippen molar-refractivity contribution in [3.8, 4) is 0 Å². The highest BCUT2D eigenvalue weighted by Gasteiger charge is 2.35. The third-order valence-electron chi connectivity index (χ3n) is 4.24. The Morgan fingerprint density at radius 1 is 1.26 bits per heavy atom. The van der Waals surface area contributed by atoms with Crippen LogP contribution in [-0.2, 0) is 11.0 Å². The van der Waals surface area contributed by atoms with Crippen LogP contribution in [0.3, 0.4) is 0 Å². The third-order valence-corrected chi connectivity index (χ3v) is 4.24. The molecule has 0 aliphatic carbocycles. The Kier molecular flexibility index (Phi) is 5.11. The molecule has 2 heterocycles. The summed E-state index contributed by atoms with van der Waals surface area (Å²) in [5.74, 6) is -0.954. The second kappa shape index (κ2) is 7.34. The standard InChI is InChI=1S/C18H17F3N4O2/c1-2-15(26)25-8-7-14-11(10-25)9-22-17(23-14)24-16(27)12-5-3-4-6-13(12)18(19,20)21/h3-6,10H,2,7-9H2,1H3,(H,22,24,27). The van der Waals surface area contributed by atoms with Gasteiger partial charge in [-0.3, -0.25) is 14.9 Å². The Morgan fingerprint density at radius 3 is 2.70 bits per heavy atom. The maximum absolute atomic E-state index is 13.1. The van der Waals surface area contributed by atoms with Crippen LogP contribution in [-0.4, -0.2) is 41.5 Å². The van der Waals surface area contributed by atoms with Gasteiger partial charge in [-0.15, -0.1) is 0 Å². The predicted molar refractivity (Wildman–Crippen MR) is 93.4 cm³/mol. The molecule has 0 spiro atoms. The minimum absolute atomic E-state index is 0.00612. The molecule has 0 unspecified atom stereocenters. The number of carbonyl (C=O) groups excluding carboxylic acids is 2. The Morgan fingerprint density at radius 2 is 2.00 bits per heavy atom. The molecule has 2 aliphatic heterocycles. The molecule has 1 N–H and O–H groups in total. The van der Waals surface area contributed by atoms with Gasteiger partial charge in [-0.05, 0) is 12.1 Å². The summed E-state index contributed by atoms with van der Waals surface area (Å²) in [5.41, 5.74) is -0.0718. The number of amides is 2. The monoisotopic (exact) mass is 378 g/mol. The molecular formula is C18H17F3N4O2. The summed E-state index contributed by atoms with van der Waals surface area (Å²) in [4.78, 5) is 34.0. The van der Waals surface area contributed by atoms with E-state index < -0.39 is 23.2 Å². The van der Waals surface area contributed by atoms with E-state index in [4.69, 9.17) is 0 Å². The van der Waals surface area contributed by atoms with Crippen molar-refractivity contribution in [1.82, 2.24) is 10.2 Å². The highest BCUT2D eigenvalue weighted by molar-refractivity contribution is 6.14. The molecule has 2 amide bonds. The number of hydrogen-bond donors (Lipinski definition) is 1. The molecule has 0 aromatic heterocycles. The number of nitrogens with zero attached hydrogens (tertiary/aromatic N) is 3. The molecule has 0 bridgehead atoms. The van der Waals surface area contributed by atoms with Crippen molar-refractivity contribution in [2.45, 2.75) is 25.9 Å². The number of nitrogens with one attached hydrogen (secondary N) is 1. The van der Waals surface area contributed by atoms with E-state index in [0.717, 1.165) is 17.7 Å². The van der Waals surface area contributed by atoms with Crippen LogP contribution in [0.5, 0.6) is 0 Å². The molecule has 0 radical (unpaired) electrons. The van der Waals surface area contributed by atoms with E-state index in [0.29, 0.717) is 25.1 Å².